The van der Waals surface area contributed by atoms with Gasteiger partial charge in [-0.25, -0.2) is 4.39 Å². The number of nitrogens with one attached hydrogen (secondary N) is 1. The van der Waals surface area contributed by atoms with Crippen molar-refractivity contribution in [2.24, 2.45) is 11.8 Å². The van der Waals surface area contributed by atoms with Crippen molar-refractivity contribution in [3.05, 3.63) is 28.5 Å². The molecule has 7 heteroatoms. The highest BCUT2D eigenvalue weighted by Gasteiger charge is 2.38. The Morgan fingerprint density at radius 1 is 1.38 bits per heavy atom. The van der Waals surface area contributed by atoms with Crippen LogP contribution in [-0.4, -0.2) is 43.6 Å². The lowest BCUT2D eigenvalue weighted by Gasteiger charge is -2.17. The van der Waals surface area contributed by atoms with Crippen LogP contribution in [0, 0.1) is 17.7 Å². The van der Waals surface area contributed by atoms with Crippen LogP contribution in [0.15, 0.2) is 22.7 Å². The molecule has 2 saturated heterocycles. The molecular formula is C14H17BrClFN2O2. The Balaban J connectivity index is 0.00000161. The Morgan fingerprint density at radius 3 is 2.67 bits per heavy atom. The van der Waals surface area contributed by atoms with E-state index in [0.717, 1.165) is 26.2 Å². The first-order valence-corrected chi connectivity index (χ1v) is 7.49. The summed E-state index contributed by atoms with van der Waals surface area (Å²) in [5.74, 6) is 0.700. The molecule has 1 N–H and O–H groups in total. The van der Waals surface area contributed by atoms with Gasteiger partial charge in [0.1, 0.15) is 0 Å². The summed E-state index contributed by atoms with van der Waals surface area (Å²) in [7, 11) is 0. The standard InChI is InChI=1S/C14H16BrFN2O2.ClH/c15-11-1-2-13(12(16)3-11)20-8-14(19)18-6-9-4-17-5-10(9)7-18;/h1-3,9-10,17H,4-8H2;1H/t9-,10+;. The average molecular weight is 380 g/mol. The van der Waals surface area contributed by atoms with Gasteiger partial charge in [0.05, 0.1) is 0 Å². The lowest BCUT2D eigenvalue weighted by Crippen LogP contribution is -2.35. The third-order valence-corrected chi connectivity index (χ3v) is 4.48. The number of carbonyl (C=O) groups excluding carboxylic acids is 1. The Bertz CT molecular complexity index is 520. The fraction of sp³-hybridized carbons (Fsp3) is 0.500. The number of benzene rings is 1. The SMILES string of the molecule is Cl.O=C(COc1ccc(Br)cc1F)N1C[C@H]2CNC[C@H]2C1. The van der Waals surface area contributed by atoms with Gasteiger partial charge in [0.15, 0.2) is 18.2 Å². The van der Waals surface area contributed by atoms with Gasteiger partial charge >= 0.3 is 0 Å². The van der Waals surface area contributed by atoms with E-state index in [4.69, 9.17) is 4.74 Å². The molecule has 1 aromatic carbocycles. The molecule has 2 heterocycles. The van der Waals surface area contributed by atoms with Crippen LogP contribution in [-0.2, 0) is 4.79 Å². The van der Waals surface area contributed by atoms with Crippen LogP contribution in [0.4, 0.5) is 4.39 Å². The third-order valence-electron chi connectivity index (χ3n) is 3.99. The van der Waals surface area contributed by atoms with E-state index in [1.807, 2.05) is 4.90 Å². The summed E-state index contributed by atoms with van der Waals surface area (Å²) in [5, 5.41) is 3.33. The molecule has 2 atom stereocenters. The van der Waals surface area contributed by atoms with Crippen LogP contribution in [0.25, 0.3) is 0 Å². The minimum Gasteiger partial charge on any atom is -0.481 e. The molecular weight excluding hydrogens is 363 g/mol. The van der Waals surface area contributed by atoms with E-state index in [9.17, 15) is 9.18 Å². The molecule has 1 aromatic rings. The molecule has 21 heavy (non-hydrogen) atoms. The van der Waals surface area contributed by atoms with Gasteiger partial charge in [0.25, 0.3) is 5.91 Å². The van der Waals surface area contributed by atoms with Crippen molar-refractivity contribution >= 4 is 34.2 Å². The van der Waals surface area contributed by atoms with E-state index in [0.29, 0.717) is 16.3 Å². The van der Waals surface area contributed by atoms with Crippen LogP contribution in [0.2, 0.25) is 0 Å². The molecule has 2 fully saturated rings. The number of hydrogen-bond donors (Lipinski definition) is 1. The normalized spacial score (nSPS) is 23.6. The maximum Gasteiger partial charge on any atom is 0.260 e. The maximum absolute atomic E-state index is 13.6. The number of rotatable bonds is 3. The zero-order valence-corrected chi connectivity index (χ0v) is 13.8. The first kappa shape index (κ1) is 16.5. The highest BCUT2D eigenvalue weighted by Crippen LogP contribution is 2.26. The lowest BCUT2D eigenvalue weighted by atomic mass is 10.0. The molecule has 2 aliphatic heterocycles. The van der Waals surface area contributed by atoms with E-state index in [1.54, 1.807) is 6.07 Å². The third kappa shape index (κ3) is 3.67. The summed E-state index contributed by atoms with van der Waals surface area (Å²) >= 11 is 3.18. The fourth-order valence-electron chi connectivity index (χ4n) is 2.88. The quantitative estimate of drug-likeness (QED) is 0.874. The second kappa shape index (κ2) is 6.94. The van der Waals surface area contributed by atoms with E-state index >= 15 is 0 Å². The smallest absolute Gasteiger partial charge is 0.260 e. The highest BCUT2D eigenvalue weighted by atomic mass is 79.9. The minimum absolute atomic E-state index is 0. The molecule has 0 bridgehead atoms. The van der Waals surface area contributed by atoms with Crippen molar-refractivity contribution in [3.8, 4) is 5.75 Å². The number of carbonyl (C=O) groups is 1. The molecule has 0 aromatic heterocycles. The van der Waals surface area contributed by atoms with Gasteiger partial charge in [-0.1, -0.05) is 15.9 Å². The Kier molecular flexibility index (Phi) is 5.46. The zero-order valence-electron chi connectivity index (χ0n) is 11.4. The van der Waals surface area contributed by atoms with E-state index < -0.39 is 5.82 Å². The van der Waals surface area contributed by atoms with Crippen LogP contribution in [0.3, 0.4) is 0 Å². The Hall–Kier alpha value is -0.850. The summed E-state index contributed by atoms with van der Waals surface area (Å²) < 4.78 is 19.5. The van der Waals surface area contributed by atoms with E-state index in [2.05, 4.69) is 21.2 Å². The van der Waals surface area contributed by atoms with Crippen molar-refractivity contribution in [1.82, 2.24) is 10.2 Å². The zero-order chi connectivity index (χ0) is 14.1. The number of nitrogens with zero attached hydrogens (tertiary/aromatic N) is 1. The second-order valence-corrected chi connectivity index (χ2v) is 6.26. The molecule has 0 aliphatic carbocycles. The first-order chi connectivity index (χ1) is 9.63. The molecule has 0 radical (unpaired) electrons. The Morgan fingerprint density at radius 2 is 2.05 bits per heavy atom. The molecule has 0 spiro atoms. The number of likely N-dealkylation sites (tertiary alicyclic amines) is 1. The summed E-state index contributed by atoms with van der Waals surface area (Å²) in [6, 6.07) is 4.54. The van der Waals surface area contributed by atoms with Crippen molar-refractivity contribution in [3.63, 3.8) is 0 Å². The molecule has 1 amide bonds. The lowest BCUT2D eigenvalue weighted by molar-refractivity contribution is -0.132. The van der Waals surface area contributed by atoms with Gasteiger partial charge in [0, 0.05) is 30.7 Å². The van der Waals surface area contributed by atoms with E-state index in [1.165, 1.54) is 12.1 Å². The van der Waals surface area contributed by atoms with Gasteiger partial charge in [-0.2, -0.15) is 0 Å². The average Bonchev–Trinajstić information content (AvgIpc) is 2.98. The molecule has 116 valence electrons. The first-order valence-electron chi connectivity index (χ1n) is 6.70. The van der Waals surface area contributed by atoms with E-state index in [-0.39, 0.29) is 30.7 Å². The number of fused-ring (bicyclic) bond motifs is 1. The van der Waals surface area contributed by atoms with Gasteiger partial charge in [0.2, 0.25) is 0 Å². The molecule has 0 saturated carbocycles. The fourth-order valence-corrected chi connectivity index (χ4v) is 3.22. The van der Waals surface area contributed by atoms with Crippen LogP contribution in [0.1, 0.15) is 0 Å². The largest absolute Gasteiger partial charge is 0.481 e. The van der Waals surface area contributed by atoms with Crippen molar-refractivity contribution in [1.29, 1.82) is 0 Å². The Labute approximate surface area is 137 Å². The summed E-state index contributed by atoms with van der Waals surface area (Å²) in [6.45, 7) is 3.42. The van der Waals surface area contributed by atoms with Crippen LogP contribution < -0.4 is 10.1 Å². The number of hydrogen-bond acceptors (Lipinski definition) is 3. The highest BCUT2D eigenvalue weighted by molar-refractivity contribution is 9.10. The van der Waals surface area contributed by atoms with Gasteiger partial charge in [-0.3, -0.25) is 4.79 Å². The van der Waals surface area contributed by atoms with Crippen molar-refractivity contribution in [2.75, 3.05) is 32.8 Å². The van der Waals surface area contributed by atoms with Crippen molar-refractivity contribution in [2.45, 2.75) is 0 Å². The maximum atomic E-state index is 13.6. The predicted molar refractivity (Wildman–Crippen MR) is 83.3 cm³/mol. The summed E-state index contributed by atoms with van der Waals surface area (Å²) in [4.78, 5) is 13.9. The molecule has 0 unspecified atom stereocenters. The summed E-state index contributed by atoms with van der Waals surface area (Å²) in [5.41, 5.74) is 0. The molecule has 2 aliphatic rings. The number of ether oxygens (including phenoxy) is 1. The number of amides is 1. The number of halogens is 3. The predicted octanol–water partition coefficient (Wildman–Crippen LogP) is 2.07. The monoisotopic (exact) mass is 378 g/mol. The molecule has 4 nitrogen and oxygen atoms in total. The van der Waals surface area contributed by atoms with Crippen molar-refractivity contribution < 1.29 is 13.9 Å². The van der Waals surface area contributed by atoms with Gasteiger partial charge in [-0.05, 0) is 30.0 Å². The molecule has 3 rings (SSSR count). The summed E-state index contributed by atoms with van der Waals surface area (Å²) in [6.07, 6.45) is 0. The van der Waals surface area contributed by atoms with Crippen LogP contribution in [0.5, 0.6) is 5.75 Å². The minimum atomic E-state index is -0.463. The van der Waals surface area contributed by atoms with Gasteiger partial charge in [-0.15, -0.1) is 12.4 Å². The topological polar surface area (TPSA) is 41.6 Å². The van der Waals surface area contributed by atoms with Crippen LogP contribution >= 0.6 is 28.3 Å². The van der Waals surface area contributed by atoms with Gasteiger partial charge < -0.3 is 15.0 Å². The second-order valence-electron chi connectivity index (χ2n) is 5.34.